The van der Waals surface area contributed by atoms with Crippen molar-refractivity contribution in [1.29, 1.82) is 0 Å². The maximum absolute atomic E-state index is 13.2. The molecule has 1 N–H and O–H groups in total. The molecule has 0 aliphatic carbocycles. The van der Waals surface area contributed by atoms with Crippen molar-refractivity contribution in [2.45, 2.75) is 13.5 Å². The van der Waals surface area contributed by atoms with Crippen molar-refractivity contribution in [3.8, 4) is 0 Å². The molecule has 94 valence electrons. The Kier molecular flexibility index (Phi) is 4.10. The van der Waals surface area contributed by atoms with Gasteiger partial charge < -0.3 is 5.32 Å². The lowest BCUT2D eigenvalue weighted by atomic mass is 10.1. The summed E-state index contributed by atoms with van der Waals surface area (Å²) < 4.78 is 13.2. The van der Waals surface area contributed by atoms with E-state index in [1.165, 1.54) is 12.1 Å². The number of hydrogen-bond acceptors (Lipinski definition) is 1. The third kappa shape index (κ3) is 2.95. The van der Waals surface area contributed by atoms with Crippen molar-refractivity contribution in [3.05, 3.63) is 63.4 Å². The van der Waals surface area contributed by atoms with Gasteiger partial charge in [-0.2, -0.15) is 0 Å². The molecule has 0 aliphatic rings. The van der Waals surface area contributed by atoms with Crippen LogP contribution in [0.25, 0.3) is 0 Å². The van der Waals surface area contributed by atoms with Crippen molar-refractivity contribution in [3.63, 3.8) is 0 Å². The van der Waals surface area contributed by atoms with E-state index >= 15 is 0 Å². The van der Waals surface area contributed by atoms with Gasteiger partial charge in [-0.05, 0) is 42.3 Å². The van der Waals surface area contributed by atoms with E-state index in [-0.39, 0.29) is 5.82 Å². The molecule has 0 atom stereocenters. The second-order valence-corrected chi connectivity index (χ2v) is 4.84. The molecular weight excluding hydrogens is 272 g/mol. The average Bonchev–Trinajstić information content (AvgIpc) is 2.33. The monoisotopic (exact) mass is 283 g/mol. The Morgan fingerprint density at radius 2 is 1.78 bits per heavy atom. The van der Waals surface area contributed by atoms with Gasteiger partial charge in [-0.25, -0.2) is 4.39 Å². The van der Waals surface area contributed by atoms with E-state index in [4.69, 9.17) is 23.2 Å². The van der Waals surface area contributed by atoms with Gasteiger partial charge in [0.15, 0.2) is 0 Å². The highest BCUT2D eigenvalue weighted by Gasteiger charge is 2.06. The topological polar surface area (TPSA) is 12.0 Å². The number of nitrogens with one attached hydrogen (secondary N) is 1. The highest BCUT2D eigenvalue weighted by atomic mass is 35.5. The maximum atomic E-state index is 13.2. The molecule has 0 saturated carbocycles. The summed E-state index contributed by atoms with van der Waals surface area (Å²) in [5.74, 6) is -0.248. The predicted octanol–water partition coefficient (Wildman–Crippen LogP) is 5.05. The Morgan fingerprint density at radius 1 is 1.11 bits per heavy atom. The molecule has 0 radical (unpaired) electrons. The SMILES string of the molecule is Cc1ccc(F)cc1CNc1c(Cl)cccc1Cl. The highest BCUT2D eigenvalue weighted by Crippen LogP contribution is 2.30. The number of para-hydroxylation sites is 1. The first-order valence-corrected chi connectivity index (χ1v) is 6.26. The molecule has 0 unspecified atom stereocenters. The Labute approximate surface area is 116 Å². The zero-order chi connectivity index (χ0) is 13.1. The Hall–Kier alpha value is -1.25. The lowest BCUT2D eigenvalue weighted by Crippen LogP contribution is -2.02. The minimum absolute atomic E-state index is 0.248. The second-order valence-electron chi connectivity index (χ2n) is 4.02. The van der Waals surface area contributed by atoms with Crippen LogP contribution in [0.15, 0.2) is 36.4 Å². The molecule has 0 aromatic heterocycles. The summed E-state index contributed by atoms with van der Waals surface area (Å²) in [5.41, 5.74) is 2.57. The van der Waals surface area contributed by atoms with Crippen LogP contribution in [0.4, 0.5) is 10.1 Å². The van der Waals surface area contributed by atoms with Crippen LogP contribution in [0.1, 0.15) is 11.1 Å². The largest absolute Gasteiger partial charge is 0.379 e. The molecule has 0 saturated heterocycles. The number of aryl methyl sites for hydroxylation is 1. The zero-order valence-electron chi connectivity index (χ0n) is 9.81. The van der Waals surface area contributed by atoms with Crippen molar-refractivity contribution < 1.29 is 4.39 Å². The minimum Gasteiger partial charge on any atom is -0.379 e. The van der Waals surface area contributed by atoms with Crippen molar-refractivity contribution in [1.82, 2.24) is 0 Å². The summed E-state index contributed by atoms with van der Waals surface area (Å²) in [6.07, 6.45) is 0. The first kappa shape index (κ1) is 13.2. The van der Waals surface area contributed by atoms with Crippen LogP contribution in [0.3, 0.4) is 0 Å². The Morgan fingerprint density at radius 3 is 2.44 bits per heavy atom. The quantitative estimate of drug-likeness (QED) is 0.831. The van der Waals surface area contributed by atoms with Crippen LogP contribution in [0.2, 0.25) is 10.0 Å². The average molecular weight is 284 g/mol. The van der Waals surface area contributed by atoms with Crippen LogP contribution >= 0.6 is 23.2 Å². The molecule has 0 heterocycles. The van der Waals surface area contributed by atoms with Crippen molar-refractivity contribution in [2.75, 3.05) is 5.32 Å². The smallest absolute Gasteiger partial charge is 0.123 e. The number of anilines is 1. The number of benzene rings is 2. The Balaban J connectivity index is 2.19. The third-order valence-corrected chi connectivity index (χ3v) is 3.36. The molecule has 2 rings (SSSR count). The molecule has 18 heavy (non-hydrogen) atoms. The van der Waals surface area contributed by atoms with Gasteiger partial charge in [0, 0.05) is 6.54 Å². The van der Waals surface area contributed by atoms with E-state index in [0.717, 1.165) is 11.1 Å². The van der Waals surface area contributed by atoms with E-state index in [2.05, 4.69) is 5.32 Å². The van der Waals surface area contributed by atoms with Gasteiger partial charge in [0.1, 0.15) is 5.82 Å². The first-order valence-electron chi connectivity index (χ1n) is 5.51. The molecular formula is C14H12Cl2FN. The van der Waals surface area contributed by atoms with Gasteiger partial charge in [-0.3, -0.25) is 0 Å². The van der Waals surface area contributed by atoms with Crippen LogP contribution in [-0.2, 0) is 6.54 Å². The third-order valence-electron chi connectivity index (χ3n) is 2.73. The van der Waals surface area contributed by atoms with Crippen LogP contribution in [0.5, 0.6) is 0 Å². The normalized spacial score (nSPS) is 10.4. The molecule has 2 aromatic carbocycles. The molecule has 4 heteroatoms. The number of rotatable bonds is 3. The van der Waals surface area contributed by atoms with E-state index in [1.807, 2.05) is 6.92 Å². The molecule has 2 aromatic rings. The van der Waals surface area contributed by atoms with E-state index < -0.39 is 0 Å². The summed E-state index contributed by atoms with van der Waals surface area (Å²) in [5, 5.41) is 4.24. The van der Waals surface area contributed by atoms with Crippen LogP contribution < -0.4 is 5.32 Å². The van der Waals surface area contributed by atoms with E-state index in [0.29, 0.717) is 22.3 Å². The van der Waals surface area contributed by atoms with Gasteiger partial charge in [0.2, 0.25) is 0 Å². The molecule has 0 spiro atoms. The van der Waals surface area contributed by atoms with Crippen LogP contribution in [-0.4, -0.2) is 0 Å². The van der Waals surface area contributed by atoms with E-state index in [9.17, 15) is 4.39 Å². The summed E-state index contributed by atoms with van der Waals surface area (Å²) in [4.78, 5) is 0. The van der Waals surface area contributed by atoms with Crippen molar-refractivity contribution in [2.24, 2.45) is 0 Å². The zero-order valence-corrected chi connectivity index (χ0v) is 11.3. The number of halogens is 3. The summed E-state index contributed by atoms with van der Waals surface area (Å²) in [6, 6.07) is 10.0. The van der Waals surface area contributed by atoms with Gasteiger partial charge >= 0.3 is 0 Å². The molecule has 1 nitrogen and oxygen atoms in total. The minimum atomic E-state index is -0.248. The fraction of sp³-hybridized carbons (Fsp3) is 0.143. The summed E-state index contributed by atoms with van der Waals surface area (Å²) in [6.45, 7) is 2.41. The Bertz CT molecular complexity index is 549. The van der Waals surface area contributed by atoms with Gasteiger partial charge in [0.05, 0.1) is 15.7 Å². The summed E-state index contributed by atoms with van der Waals surface area (Å²) in [7, 11) is 0. The van der Waals surface area contributed by atoms with E-state index in [1.54, 1.807) is 24.3 Å². The molecule has 0 aliphatic heterocycles. The molecule has 0 bridgehead atoms. The van der Waals surface area contributed by atoms with Gasteiger partial charge in [-0.1, -0.05) is 35.3 Å². The van der Waals surface area contributed by atoms with Gasteiger partial charge in [0.25, 0.3) is 0 Å². The molecule has 0 fully saturated rings. The first-order chi connectivity index (χ1) is 8.58. The predicted molar refractivity (Wildman–Crippen MR) is 74.9 cm³/mol. The number of hydrogen-bond donors (Lipinski definition) is 1. The fourth-order valence-electron chi connectivity index (χ4n) is 1.68. The van der Waals surface area contributed by atoms with Crippen molar-refractivity contribution >= 4 is 28.9 Å². The second kappa shape index (κ2) is 5.59. The standard InChI is InChI=1S/C14H12Cl2FN/c1-9-5-6-11(17)7-10(9)8-18-14-12(15)3-2-4-13(14)16/h2-7,18H,8H2,1H3. The maximum Gasteiger partial charge on any atom is 0.123 e. The lowest BCUT2D eigenvalue weighted by Gasteiger charge is -2.12. The van der Waals surface area contributed by atoms with Crippen LogP contribution in [0, 0.1) is 12.7 Å². The molecule has 0 amide bonds. The fourth-order valence-corrected chi connectivity index (χ4v) is 2.21. The highest BCUT2D eigenvalue weighted by molar-refractivity contribution is 6.39. The van der Waals surface area contributed by atoms with Gasteiger partial charge in [-0.15, -0.1) is 0 Å². The lowest BCUT2D eigenvalue weighted by molar-refractivity contribution is 0.625. The summed E-state index contributed by atoms with van der Waals surface area (Å²) >= 11 is 12.1.